The molecule has 1 atom stereocenters. The van der Waals surface area contributed by atoms with E-state index in [0.717, 1.165) is 44.4 Å². The largest absolute Gasteiger partial charge is 0.381 e. The lowest BCUT2D eigenvalue weighted by molar-refractivity contribution is -0.134. The highest BCUT2D eigenvalue weighted by molar-refractivity contribution is 5.77. The first-order valence-corrected chi connectivity index (χ1v) is 10.3. The Morgan fingerprint density at radius 2 is 2.23 bits per heavy atom. The number of piperidine rings is 1. The first-order valence-electron chi connectivity index (χ1n) is 10.3. The smallest absolute Gasteiger partial charge is 0.225 e. The highest BCUT2D eigenvalue weighted by Gasteiger charge is 2.57. The summed E-state index contributed by atoms with van der Waals surface area (Å²) in [6, 6.07) is 0.377. The predicted molar refractivity (Wildman–Crippen MR) is 99.6 cm³/mol. The Hall–Kier alpha value is -1.40. The van der Waals surface area contributed by atoms with Gasteiger partial charge in [-0.2, -0.15) is 0 Å². The average Bonchev–Trinajstić information content (AvgIpc) is 3.56. The van der Waals surface area contributed by atoms with Crippen molar-refractivity contribution in [2.45, 2.75) is 64.6 Å². The third-order valence-electron chi connectivity index (χ3n) is 6.41. The number of carbonyl (C=O) groups excluding carboxylic acids is 1. The van der Waals surface area contributed by atoms with E-state index < -0.39 is 0 Å². The summed E-state index contributed by atoms with van der Waals surface area (Å²) in [5.41, 5.74) is 0.347. The molecule has 1 aromatic heterocycles. The second-order valence-electron chi connectivity index (χ2n) is 8.25. The minimum Gasteiger partial charge on any atom is -0.381 e. The van der Waals surface area contributed by atoms with Crippen molar-refractivity contribution >= 4 is 5.91 Å². The van der Waals surface area contributed by atoms with Crippen LogP contribution in [0.15, 0.2) is 12.4 Å². The molecule has 0 aromatic carbocycles. The zero-order valence-electron chi connectivity index (χ0n) is 16.0. The van der Waals surface area contributed by atoms with Crippen molar-refractivity contribution in [3.8, 4) is 0 Å². The van der Waals surface area contributed by atoms with Crippen LogP contribution in [0, 0.1) is 11.3 Å². The number of hydrogen-bond acceptors (Lipinski definition) is 4. The average molecular weight is 361 g/mol. The van der Waals surface area contributed by atoms with E-state index in [1.54, 1.807) is 0 Å². The van der Waals surface area contributed by atoms with E-state index in [9.17, 15) is 4.79 Å². The second kappa shape index (κ2) is 7.69. The van der Waals surface area contributed by atoms with Crippen molar-refractivity contribution in [1.82, 2.24) is 19.8 Å². The van der Waals surface area contributed by atoms with Crippen LogP contribution in [0.5, 0.6) is 0 Å². The Balaban J connectivity index is 1.39. The van der Waals surface area contributed by atoms with Gasteiger partial charge in [-0.1, -0.05) is 0 Å². The fourth-order valence-corrected chi connectivity index (χ4v) is 4.37. The van der Waals surface area contributed by atoms with Gasteiger partial charge in [-0.25, -0.2) is 4.98 Å². The molecule has 1 N–H and O–H groups in total. The summed E-state index contributed by atoms with van der Waals surface area (Å²) in [5.74, 6) is 1.97. The molecular weight excluding hydrogens is 328 g/mol. The summed E-state index contributed by atoms with van der Waals surface area (Å²) in [6.45, 7) is 7.17. The first-order chi connectivity index (χ1) is 12.7. The molecule has 3 fully saturated rings. The number of ether oxygens (including phenoxy) is 1. The lowest BCUT2D eigenvalue weighted by Crippen LogP contribution is -2.40. The Morgan fingerprint density at radius 3 is 2.96 bits per heavy atom. The van der Waals surface area contributed by atoms with Crippen molar-refractivity contribution in [3.63, 3.8) is 0 Å². The fourth-order valence-electron chi connectivity index (χ4n) is 4.37. The summed E-state index contributed by atoms with van der Waals surface area (Å²) < 4.78 is 7.86. The van der Waals surface area contributed by atoms with Crippen LogP contribution in [0.25, 0.3) is 0 Å². The minimum absolute atomic E-state index is 0.229. The van der Waals surface area contributed by atoms with E-state index in [0.29, 0.717) is 31.0 Å². The summed E-state index contributed by atoms with van der Waals surface area (Å²) in [7, 11) is 0. The molecule has 6 heteroatoms. The predicted octanol–water partition coefficient (Wildman–Crippen LogP) is 2.19. The Morgan fingerprint density at radius 1 is 1.42 bits per heavy atom. The van der Waals surface area contributed by atoms with Gasteiger partial charge < -0.3 is 19.5 Å². The number of imidazole rings is 1. The van der Waals surface area contributed by atoms with Crippen molar-refractivity contribution in [2.24, 2.45) is 11.3 Å². The minimum atomic E-state index is 0.229. The molecule has 6 nitrogen and oxygen atoms in total. The number of aryl methyl sites for hydroxylation is 1. The van der Waals surface area contributed by atoms with Crippen LogP contribution < -0.4 is 5.32 Å². The van der Waals surface area contributed by atoms with Crippen LogP contribution in [0.1, 0.15) is 51.3 Å². The van der Waals surface area contributed by atoms with E-state index in [2.05, 4.69) is 26.7 Å². The van der Waals surface area contributed by atoms with E-state index in [1.807, 2.05) is 12.4 Å². The van der Waals surface area contributed by atoms with Gasteiger partial charge in [0.25, 0.3) is 0 Å². The van der Waals surface area contributed by atoms with Crippen molar-refractivity contribution < 1.29 is 9.53 Å². The van der Waals surface area contributed by atoms with Gasteiger partial charge in [-0.15, -0.1) is 0 Å². The van der Waals surface area contributed by atoms with Gasteiger partial charge in [0.05, 0.1) is 19.6 Å². The molecule has 2 heterocycles. The van der Waals surface area contributed by atoms with Gasteiger partial charge >= 0.3 is 0 Å². The molecule has 1 aliphatic heterocycles. The van der Waals surface area contributed by atoms with Gasteiger partial charge in [0, 0.05) is 31.6 Å². The first kappa shape index (κ1) is 18.0. The molecule has 0 bridgehead atoms. The SMILES string of the molecule is CCn1ccnc1CN(C(=O)CCOCC1CC1)C1CC12CCNCC2. The molecular formula is C20H32N4O2. The fraction of sp³-hybridized carbons (Fsp3) is 0.800. The zero-order valence-corrected chi connectivity index (χ0v) is 16.0. The van der Waals surface area contributed by atoms with Gasteiger partial charge in [-0.3, -0.25) is 4.79 Å². The Labute approximate surface area is 156 Å². The Bertz CT molecular complexity index is 619. The van der Waals surface area contributed by atoms with Gasteiger partial charge in [-0.05, 0) is 63.5 Å². The topological polar surface area (TPSA) is 59.4 Å². The van der Waals surface area contributed by atoms with Crippen molar-refractivity contribution in [3.05, 3.63) is 18.2 Å². The molecule has 1 amide bonds. The molecule has 1 saturated heterocycles. The van der Waals surface area contributed by atoms with Gasteiger partial charge in [0.15, 0.2) is 0 Å². The molecule has 2 saturated carbocycles. The third kappa shape index (κ3) is 3.96. The molecule has 1 aromatic rings. The summed E-state index contributed by atoms with van der Waals surface area (Å²) in [4.78, 5) is 19.6. The Kier molecular flexibility index (Phi) is 5.32. The van der Waals surface area contributed by atoms with E-state index in [-0.39, 0.29) is 5.91 Å². The molecule has 3 aliphatic rings. The van der Waals surface area contributed by atoms with Crippen LogP contribution in [0.4, 0.5) is 0 Å². The number of amides is 1. The molecule has 0 radical (unpaired) electrons. The number of rotatable bonds is 9. The number of aromatic nitrogens is 2. The lowest BCUT2D eigenvalue weighted by Gasteiger charge is -2.29. The van der Waals surface area contributed by atoms with Crippen LogP contribution in [-0.4, -0.2) is 52.7 Å². The molecule has 1 spiro atoms. The summed E-state index contributed by atoms with van der Waals surface area (Å²) >= 11 is 0. The standard InChI is InChI=1S/C20H32N4O2/c1-2-23-11-10-22-18(23)14-24(17-13-20(17)6-8-21-9-7-20)19(25)5-12-26-15-16-3-4-16/h10-11,16-17,21H,2-9,12-15H2,1H3. The van der Waals surface area contributed by atoms with Crippen LogP contribution >= 0.6 is 0 Å². The molecule has 1 unspecified atom stereocenters. The number of hydrogen-bond donors (Lipinski definition) is 1. The second-order valence-corrected chi connectivity index (χ2v) is 8.25. The van der Waals surface area contributed by atoms with Crippen LogP contribution in [0.3, 0.4) is 0 Å². The maximum absolute atomic E-state index is 13.0. The van der Waals surface area contributed by atoms with E-state index in [1.165, 1.54) is 25.7 Å². The molecule has 2 aliphatic carbocycles. The number of nitrogens with one attached hydrogen (secondary N) is 1. The quantitative estimate of drug-likeness (QED) is 0.686. The monoisotopic (exact) mass is 360 g/mol. The molecule has 26 heavy (non-hydrogen) atoms. The maximum atomic E-state index is 13.0. The number of nitrogens with zero attached hydrogens (tertiary/aromatic N) is 3. The van der Waals surface area contributed by atoms with Gasteiger partial charge in [0.2, 0.25) is 5.91 Å². The molecule has 4 rings (SSSR count). The summed E-state index contributed by atoms with van der Waals surface area (Å²) in [5, 5.41) is 3.45. The highest BCUT2D eigenvalue weighted by Crippen LogP contribution is 2.56. The van der Waals surface area contributed by atoms with Gasteiger partial charge in [0.1, 0.15) is 5.82 Å². The van der Waals surface area contributed by atoms with Crippen molar-refractivity contribution in [1.29, 1.82) is 0 Å². The molecule has 144 valence electrons. The van der Waals surface area contributed by atoms with Crippen LogP contribution in [-0.2, 0) is 22.6 Å². The normalized spacial score (nSPS) is 24.0. The van der Waals surface area contributed by atoms with E-state index in [4.69, 9.17) is 4.74 Å². The highest BCUT2D eigenvalue weighted by atomic mass is 16.5. The lowest BCUT2D eigenvalue weighted by atomic mass is 9.93. The third-order valence-corrected chi connectivity index (χ3v) is 6.41. The van der Waals surface area contributed by atoms with Crippen molar-refractivity contribution in [2.75, 3.05) is 26.3 Å². The summed E-state index contributed by atoms with van der Waals surface area (Å²) in [6.07, 6.45) is 10.4. The maximum Gasteiger partial charge on any atom is 0.225 e. The van der Waals surface area contributed by atoms with E-state index >= 15 is 0 Å². The number of carbonyl (C=O) groups is 1. The van der Waals surface area contributed by atoms with Crippen LogP contribution in [0.2, 0.25) is 0 Å². The zero-order chi connectivity index (χ0) is 18.0.